The van der Waals surface area contributed by atoms with Crippen molar-refractivity contribution >= 4 is 21.4 Å². The van der Waals surface area contributed by atoms with Gasteiger partial charge < -0.3 is 18.7 Å². The van der Waals surface area contributed by atoms with Crippen molar-refractivity contribution in [3.8, 4) is 11.5 Å². The highest BCUT2D eigenvalue weighted by molar-refractivity contribution is 7.89. The average molecular weight is 450 g/mol. The molecule has 0 amide bonds. The third-order valence-corrected chi connectivity index (χ3v) is 7.59. The Kier molecular flexibility index (Phi) is 5.19. The fourth-order valence-electron chi connectivity index (χ4n) is 3.37. The molecular formula is C19H19N3O6S2. The Morgan fingerprint density at radius 2 is 2.00 bits per heavy atom. The predicted molar refractivity (Wildman–Crippen MR) is 106 cm³/mol. The smallest absolute Gasteiger partial charge is 0.257 e. The van der Waals surface area contributed by atoms with Gasteiger partial charge in [-0.25, -0.2) is 8.42 Å². The molecule has 2 aromatic heterocycles. The molecule has 1 aromatic carbocycles. The number of benzene rings is 1. The number of aromatic nitrogens is 2. The third kappa shape index (κ3) is 3.81. The molecule has 0 N–H and O–H groups in total. The lowest BCUT2D eigenvalue weighted by atomic mass is 10.3. The summed E-state index contributed by atoms with van der Waals surface area (Å²) in [7, 11) is -3.74. The van der Waals surface area contributed by atoms with Crippen molar-refractivity contribution in [2.24, 2.45) is 0 Å². The number of nitrogens with zero attached hydrogens (tertiary/aromatic N) is 3. The van der Waals surface area contributed by atoms with Gasteiger partial charge in [0, 0.05) is 30.5 Å². The molecule has 3 aromatic rings. The highest BCUT2D eigenvalue weighted by Gasteiger charge is 2.34. The minimum Gasteiger partial charge on any atom is -0.486 e. The molecule has 2 aliphatic heterocycles. The van der Waals surface area contributed by atoms with Crippen LogP contribution in [-0.2, 0) is 21.2 Å². The molecule has 0 bridgehead atoms. The van der Waals surface area contributed by atoms with E-state index in [1.54, 1.807) is 17.4 Å². The number of sulfonamides is 1. The van der Waals surface area contributed by atoms with Crippen LogP contribution in [0, 0.1) is 0 Å². The second kappa shape index (κ2) is 7.99. The molecule has 4 heterocycles. The summed E-state index contributed by atoms with van der Waals surface area (Å²) in [6.07, 6.45) is -0.0528. The predicted octanol–water partition coefficient (Wildman–Crippen LogP) is 2.26. The van der Waals surface area contributed by atoms with Crippen LogP contribution in [0.4, 0.5) is 0 Å². The minimum atomic E-state index is -3.74. The molecule has 1 atom stereocenters. The van der Waals surface area contributed by atoms with Gasteiger partial charge in [0.25, 0.3) is 5.89 Å². The zero-order chi connectivity index (χ0) is 20.6. The fraction of sp³-hybridized carbons (Fsp3) is 0.368. The summed E-state index contributed by atoms with van der Waals surface area (Å²) in [6.45, 7) is 1.40. The van der Waals surface area contributed by atoms with Gasteiger partial charge in [0.05, 0.1) is 11.5 Å². The van der Waals surface area contributed by atoms with E-state index in [0.717, 1.165) is 4.88 Å². The molecule has 2 aliphatic rings. The van der Waals surface area contributed by atoms with E-state index in [1.165, 1.54) is 16.4 Å². The molecule has 158 valence electrons. The van der Waals surface area contributed by atoms with Gasteiger partial charge in [0.15, 0.2) is 23.4 Å². The SMILES string of the molecule is O=S(=O)(c1ccc2c(c1)OCCO2)N1CCO[C@@H](c2nc(Cc3cccs3)no2)C1. The van der Waals surface area contributed by atoms with Gasteiger partial charge in [-0.2, -0.15) is 9.29 Å². The maximum atomic E-state index is 13.2. The highest BCUT2D eigenvalue weighted by atomic mass is 32.2. The van der Waals surface area contributed by atoms with Crippen LogP contribution in [-0.4, -0.2) is 55.8 Å². The van der Waals surface area contributed by atoms with Gasteiger partial charge >= 0.3 is 0 Å². The van der Waals surface area contributed by atoms with E-state index >= 15 is 0 Å². The van der Waals surface area contributed by atoms with Crippen molar-refractivity contribution in [1.29, 1.82) is 0 Å². The first-order chi connectivity index (χ1) is 14.6. The number of rotatable bonds is 5. The zero-order valence-corrected chi connectivity index (χ0v) is 17.5. The lowest BCUT2D eigenvalue weighted by Gasteiger charge is -2.30. The topological polar surface area (TPSA) is 104 Å². The molecule has 0 unspecified atom stereocenters. The fourth-order valence-corrected chi connectivity index (χ4v) is 5.51. The van der Waals surface area contributed by atoms with E-state index in [-0.39, 0.29) is 30.5 Å². The molecule has 1 fully saturated rings. The molecule has 5 rings (SSSR count). The van der Waals surface area contributed by atoms with Gasteiger partial charge in [-0.1, -0.05) is 11.2 Å². The summed E-state index contributed by atoms with van der Waals surface area (Å²) >= 11 is 1.61. The highest BCUT2D eigenvalue weighted by Crippen LogP contribution is 2.34. The van der Waals surface area contributed by atoms with E-state index < -0.39 is 16.1 Å². The van der Waals surface area contributed by atoms with Crippen molar-refractivity contribution in [1.82, 2.24) is 14.4 Å². The number of thiophene rings is 1. The molecule has 0 saturated carbocycles. The Bertz CT molecular complexity index is 1130. The number of hydrogen-bond donors (Lipinski definition) is 0. The second-order valence-electron chi connectivity index (χ2n) is 6.83. The van der Waals surface area contributed by atoms with Crippen LogP contribution in [0.1, 0.15) is 22.7 Å². The Balaban J connectivity index is 1.33. The van der Waals surface area contributed by atoms with Crippen molar-refractivity contribution in [2.45, 2.75) is 17.4 Å². The molecular weight excluding hydrogens is 430 g/mol. The van der Waals surface area contributed by atoms with Gasteiger partial charge in [-0.15, -0.1) is 11.3 Å². The van der Waals surface area contributed by atoms with Gasteiger partial charge in [0.2, 0.25) is 10.0 Å². The Hall–Kier alpha value is -2.47. The van der Waals surface area contributed by atoms with E-state index in [1.807, 2.05) is 17.5 Å². The first-order valence-corrected chi connectivity index (χ1v) is 11.8. The molecule has 9 nitrogen and oxygen atoms in total. The normalized spacial score (nSPS) is 19.7. The van der Waals surface area contributed by atoms with Crippen molar-refractivity contribution in [2.75, 3.05) is 32.9 Å². The van der Waals surface area contributed by atoms with Gasteiger partial charge in [-0.05, 0) is 23.6 Å². The van der Waals surface area contributed by atoms with E-state index in [2.05, 4.69) is 10.1 Å². The molecule has 0 aliphatic carbocycles. The summed E-state index contributed by atoms with van der Waals surface area (Å²) in [5.41, 5.74) is 0. The maximum absolute atomic E-state index is 13.2. The summed E-state index contributed by atoms with van der Waals surface area (Å²) in [5, 5.41) is 5.99. The molecule has 1 saturated heterocycles. The van der Waals surface area contributed by atoms with Crippen LogP contribution in [0.15, 0.2) is 45.1 Å². The Labute approximate surface area is 177 Å². The summed E-state index contributed by atoms with van der Waals surface area (Å²) in [5.74, 6) is 1.80. The first kappa shape index (κ1) is 19.5. The van der Waals surface area contributed by atoms with Crippen LogP contribution in [0.5, 0.6) is 11.5 Å². The average Bonchev–Trinajstić information content (AvgIpc) is 3.46. The van der Waals surface area contributed by atoms with Gasteiger partial charge in [0.1, 0.15) is 13.2 Å². The standard InChI is InChI=1S/C19H19N3O6S2/c23-30(24,14-3-4-15-16(11-14)27-8-7-26-15)22-5-6-25-17(12-22)19-20-18(21-28-19)10-13-2-1-9-29-13/h1-4,9,11,17H,5-8,10,12H2/t17-/m1/s1. The van der Waals surface area contributed by atoms with Crippen molar-refractivity contribution < 1.29 is 27.2 Å². The monoisotopic (exact) mass is 449 g/mol. The van der Waals surface area contributed by atoms with Crippen LogP contribution < -0.4 is 9.47 Å². The summed E-state index contributed by atoms with van der Waals surface area (Å²) in [6, 6.07) is 8.61. The quantitative estimate of drug-likeness (QED) is 0.584. The number of fused-ring (bicyclic) bond motifs is 1. The Morgan fingerprint density at radius 3 is 2.83 bits per heavy atom. The Morgan fingerprint density at radius 1 is 1.13 bits per heavy atom. The minimum absolute atomic E-state index is 0.0947. The largest absolute Gasteiger partial charge is 0.486 e. The second-order valence-corrected chi connectivity index (χ2v) is 9.80. The molecule has 11 heteroatoms. The van der Waals surface area contributed by atoms with Crippen LogP contribution in [0.2, 0.25) is 0 Å². The third-order valence-electron chi connectivity index (χ3n) is 4.85. The molecule has 30 heavy (non-hydrogen) atoms. The van der Waals surface area contributed by atoms with E-state index in [0.29, 0.717) is 37.0 Å². The summed E-state index contributed by atoms with van der Waals surface area (Å²) in [4.78, 5) is 5.67. The lowest BCUT2D eigenvalue weighted by Crippen LogP contribution is -2.42. The summed E-state index contributed by atoms with van der Waals surface area (Å²) < 4.78 is 49.8. The van der Waals surface area contributed by atoms with Crippen molar-refractivity contribution in [3.63, 3.8) is 0 Å². The zero-order valence-electron chi connectivity index (χ0n) is 15.9. The van der Waals surface area contributed by atoms with Crippen molar-refractivity contribution in [3.05, 3.63) is 52.3 Å². The number of hydrogen-bond acceptors (Lipinski definition) is 9. The molecule has 0 spiro atoms. The maximum Gasteiger partial charge on any atom is 0.257 e. The van der Waals surface area contributed by atoms with Crippen LogP contribution >= 0.6 is 11.3 Å². The van der Waals surface area contributed by atoms with Gasteiger partial charge in [-0.3, -0.25) is 0 Å². The van der Waals surface area contributed by atoms with Crippen LogP contribution in [0.3, 0.4) is 0 Å². The molecule has 0 radical (unpaired) electrons. The number of ether oxygens (including phenoxy) is 3. The first-order valence-electron chi connectivity index (χ1n) is 9.46. The number of morpholine rings is 1. The van der Waals surface area contributed by atoms with E-state index in [9.17, 15) is 8.42 Å². The lowest BCUT2D eigenvalue weighted by molar-refractivity contribution is -0.0199. The van der Waals surface area contributed by atoms with E-state index in [4.69, 9.17) is 18.7 Å². The van der Waals surface area contributed by atoms with Crippen LogP contribution in [0.25, 0.3) is 0 Å².